The molecule has 2 aliphatic rings. The summed E-state index contributed by atoms with van der Waals surface area (Å²) in [6.45, 7) is 1.28. The second-order valence-electron chi connectivity index (χ2n) is 6.17. The lowest BCUT2D eigenvalue weighted by Crippen LogP contribution is -2.48. The van der Waals surface area contributed by atoms with Gasteiger partial charge in [0, 0.05) is 36.6 Å². The number of aromatic nitrogens is 3. The van der Waals surface area contributed by atoms with E-state index >= 15 is 0 Å². The Bertz CT molecular complexity index is 966. The van der Waals surface area contributed by atoms with Crippen LogP contribution in [0.2, 0.25) is 0 Å². The minimum absolute atomic E-state index is 0.0478. The minimum Gasteiger partial charge on any atom is -0.454 e. The van der Waals surface area contributed by atoms with Crippen molar-refractivity contribution < 1.29 is 18.8 Å². The molecule has 0 bridgehead atoms. The number of amides is 1. The topological polar surface area (TPSA) is 90.6 Å². The van der Waals surface area contributed by atoms with Crippen molar-refractivity contribution in [3.63, 3.8) is 0 Å². The van der Waals surface area contributed by atoms with Gasteiger partial charge in [0.1, 0.15) is 0 Å². The number of benzene rings is 1. The highest BCUT2D eigenvalue weighted by atomic mass is 16.7. The standard InChI is InChI=1S/C18H14N4O4/c23-18(12-1-2-14-15(7-12)25-10-24-14)22-8-13(9-22)17-20-16(21-26-17)11-3-5-19-6-4-11/h1-7,13H,8-10H2. The lowest BCUT2D eigenvalue weighted by atomic mass is 9.98. The summed E-state index contributed by atoms with van der Waals surface area (Å²) >= 11 is 0. The Hall–Kier alpha value is -3.42. The molecule has 3 aromatic rings. The Morgan fingerprint density at radius 3 is 2.73 bits per heavy atom. The van der Waals surface area contributed by atoms with Gasteiger partial charge in [0.25, 0.3) is 5.91 Å². The van der Waals surface area contributed by atoms with Crippen LogP contribution in [-0.4, -0.2) is 45.8 Å². The molecule has 4 heterocycles. The Morgan fingerprint density at radius 1 is 1.08 bits per heavy atom. The van der Waals surface area contributed by atoms with Gasteiger partial charge in [-0.05, 0) is 30.3 Å². The van der Waals surface area contributed by atoms with Crippen LogP contribution >= 0.6 is 0 Å². The summed E-state index contributed by atoms with van der Waals surface area (Å²) in [4.78, 5) is 22.7. The van der Waals surface area contributed by atoms with Crippen LogP contribution in [0, 0.1) is 0 Å². The molecule has 1 amide bonds. The minimum atomic E-state index is -0.0478. The number of fused-ring (bicyclic) bond motifs is 1. The fourth-order valence-corrected chi connectivity index (χ4v) is 3.03. The van der Waals surface area contributed by atoms with Crippen LogP contribution in [-0.2, 0) is 0 Å². The van der Waals surface area contributed by atoms with Crippen molar-refractivity contribution >= 4 is 5.91 Å². The highest BCUT2D eigenvalue weighted by Gasteiger charge is 2.36. The smallest absolute Gasteiger partial charge is 0.254 e. The largest absolute Gasteiger partial charge is 0.454 e. The van der Waals surface area contributed by atoms with Gasteiger partial charge in [0.2, 0.25) is 18.5 Å². The monoisotopic (exact) mass is 350 g/mol. The van der Waals surface area contributed by atoms with E-state index in [1.165, 1.54) is 0 Å². The number of likely N-dealkylation sites (tertiary alicyclic amines) is 1. The number of carbonyl (C=O) groups is 1. The molecule has 0 aliphatic carbocycles. The van der Waals surface area contributed by atoms with Gasteiger partial charge in [-0.15, -0.1) is 0 Å². The van der Waals surface area contributed by atoms with Crippen molar-refractivity contribution in [1.29, 1.82) is 0 Å². The van der Waals surface area contributed by atoms with E-state index in [0.29, 0.717) is 41.9 Å². The van der Waals surface area contributed by atoms with Crippen molar-refractivity contribution in [3.05, 3.63) is 54.2 Å². The van der Waals surface area contributed by atoms with Crippen LogP contribution in [0.4, 0.5) is 0 Å². The molecule has 1 saturated heterocycles. The van der Waals surface area contributed by atoms with Crippen LogP contribution in [0.3, 0.4) is 0 Å². The fraction of sp³-hybridized carbons (Fsp3) is 0.222. The molecule has 1 aromatic carbocycles. The number of rotatable bonds is 3. The van der Waals surface area contributed by atoms with E-state index in [0.717, 1.165) is 5.56 Å². The quantitative estimate of drug-likeness (QED) is 0.714. The number of hydrogen-bond donors (Lipinski definition) is 0. The van der Waals surface area contributed by atoms with Crippen molar-refractivity contribution in [2.45, 2.75) is 5.92 Å². The SMILES string of the molecule is O=C(c1ccc2c(c1)OCO2)N1CC(c2nc(-c3ccncc3)no2)C1. The van der Waals surface area contributed by atoms with Gasteiger partial charge < -0.3 is 18.9 Å². The molecule has 0 radical (unpaired) electrons. The molecule has 2 aromatic heterocycles. The average molecular weight is 350 g/mol. The molecule has 1 fully saturated rings. The highest BCUT2D eigenvalue weighted by molar-refractivity contribution is 5.95. The number of ether oxygens (including phenoxy) is 2. The zero-order valence-corrected chi connectivity index (χ0v) is 13.7. The summed E-state index contributed by atoms with van der Waals surface area (Å²) in [5.41, 5.74) is 1.43. The summed E-state index contributed by atoms with van der Waals surface area (Å²) in [5, 5.41) is 4.01. The molecule has 2 aliphatic heterocycles. The number of hydrogen-bond acceptors (Lipinski definition) is 7. The van der Waals surface area contributed by atoms with Gasteiger partial charge in [-0.3, -0.25) is 9.78 Å². The third-order valence-corrected chi connectivity index (χ3v) is 4.52. The van der Waals surface area contributed by atoms with Crippen LogP contribution < -0.4 is 9.47 Å². The summed E-state index contributed by atoms with van der Waals surface area (Å²) in [6, 6.07) is 8.87. The maximum absolute atomic E-state index is 12.6. The zero-order chi connectivity index (χ0) is 17.5. The van der Waals surface area contributed by atoms with E-state index in [4.69, 9.17) is 14.0 Å². The van der Waals surface area contributed by atoms with Crippen molar-refractivity contribution in [2.75, 3.05) is 19.9 Å². The summed E-state index contributed by atoms with van der Waals surface area (Å²) < 4.78 is 16.0. The molecule has 130 valence electrons. The Balaban J connectivity index is 1.26. The van der Waals surface area contributed by atoms with Crippen molar-refractivity contribution in [2.24, 2.45) is 0 Å². The number of pyridine rings is 1. The first-order valence-electron chi connectivity index (χ1n) is 8.21. The predicted octanol–water partition coefficient (Wildman–Crippen LogP) is 2.10. The number of nitrogens with zero attached hydrogens (tertiary/aromatic N) is 4. The molecule has 26 heavy (non-hydrogen) atoms. The first-order chi connectivity index (χ1) is 12.8. The summed E-state index contributed by atoms with van der Waals surface area (Å²) in [6.07, 6.45) is 3.36. The molecule has 0 unspecified atom stereocenters. The van der Waals surface area contributed by atoms with E-state index in [-0.39, 0.29) is 18.6 Å². The Morgan fingerprint density at radius 2 is 1.88 bits per heavy atom. The second-order valence-corrected chi connectivity index (χ2v) is 6.17. The second kappa shape index (κ2) is 5.83. The van der Waals surface area contributed by atoms with Crippen molar-refractivity contribution in [1.82, 2.24) is 20.0 Å². The van der Waals surface area contributed by atoms with E-state index in [2.05, 4.69) is 15.1 Å². The first kappa shape index (κ1) is 14.9. The van der Waals surface area contributed by atoms with Crippen LogP contribution in [0.1, 0.15) is 22.2 Å². The maximum Gasteiger partial charge on any atom is 0.254 e. The van der Waals surface area contributed by atoms with Crippen LogP contribution in [0.25, 0.3) is 11.4 Å². The Kier molecular flexibility index (Phi) is 3.34. The molecule has 0 spiro atoms. The molecule has 0 N–H and O–H groups in total. The lowest BCUT2D eigenvalue weighted by Gasteiger charge is -2.37. The van der Waals surface area contributed by atoms with Gasteiger partial charge in [-0.25, -0.2) is 0 Å². The Labute approximate surface area is 148 Å². The summed E-state index contributed by atoms with van der Waals surface area (Å²) in [5.74, 6) is 2.35. The highest BCUT2D eigenvalue weighted by Crippen LogP contribution is 2.34. The van der Waals surface area contributed by atoms with E-state index in [1.54, 1.807) is 35.5 Å². The zero-order valence-electron chi connectivity index (χ0n) is 13.7. The predicted molar refractivity (Wildman–Crippen MR) is 88.7 cm³/mol. The molecule has 0 saturated carbocycles. The molecular formula is C18H14N4O4. The fourth-order valence-electron chi connectivity index (χ4n) is 3.03. The third-order valence-electron chi connectivity index (χ3n) is 4.52. The molecule has 5 rings (SSSR count). The lowest BCUT2D eigenvalue weighted by molar-refractivity contribution is 0.0569. The maximum atomic E-state index is 12.6. The third kappa shape index (κ3) is 2.46. The molecule has 8 heteroatoms. The average Bonchev–Trinajstić information content (AvgIpc) is 3.30. The van der Waals surface area contributed by atoms with Crippen molar-refractivity contribution in [3.8, 4) is 22.9 Å². The van der Waals surface area contributed by atoms with Gasteiger partial charge >= 0.3 is 0 Å². The van der Waals surface area contributed by atoms with Crippen LogP contribution in [0.5, 0.6) is 11.5 Å². The van der Waals surface area contributed by atoms with Gasteiger partial charge in [-0.2, -0.15) is 4.98 Å². The van der Waals surface area contributed by atoms with Gasteiger partial charge in [0.15, 0.2) is 11.5 Å². The normalized spacial score (nSPS) is 15.8. The number of carbonyl (C=O) groups excluding carboxylic acids is 1. The first-order valence-corrected chi connectivity index (χ1v) is 8.21. The van der Waals surface area contributed by atoms with Crippen LogP contribution in [0.15, 0.2) is 47.2 Å². The van der Waals surface area contributed by atoms with Gasteiger partial charge in [0.05, 0.1) is 5.92 Å². The van der Waals surface area contributed by atoms with E-state index in [1.807, 2.05) is 12.1 Å². The summed E-state index contributed by atoms with van der Waals surface area (Å²) in [7, 11) is 0. The van der Waals surface area contributed by atoms with E-state index in [9.17, 15) is 4.79 Å². The molecule has 0 atom stereocenters. The molecule has 8 nitrogen and oxygen atoms in total. The van der Waals surface area contributed by atoms with E-state index < -0.39 is 0 Å². The molecular weight excluding hydrogens is 336 g/mol. The van der Waals surface area contributed by atoms with Gasteiger partial charge in [-0.1, -0.05) is 5.16 Å².